The first-order valence-electron chi connectivity index (χ1n) is 5.11. The van der Waals surface area contributed by atoms with Crippen LogP contribution in [-0.2, 0) is 6.42 Å². The molecule has 2 heteroatoms. The van der Waals surface area contributed by atoms with Crippen molar-refractivity contribution in [2.45, 2.75) is 32.6 Å². The van der Waals surface area contributed by atoms with Gasteiger partial charge in [0.1, 0.15) is 6.07 Å². The lowest BCUT2D eigenvalue weighted by molar-refractivity contribution is 0.416. The molecule has 0 fully saturated rings. The van der Waals surface area contributed by atoms with Crippen molar-refractivity contribution in [1.82, 2.24) is 4.98 Å². The molecule has 1 aromatic rings. The van der Waals surface area contributed by atoms with E-state index in [1.165, 1.54) is 17.7 Å². The highest BCUT2D eigenvalue weighted by atomic mass is 14.7. The van der Waals surface area contributed by atoms with Gasteiger partial charge in [-0.25, -0.2) is 0 Å². The molecule has 0 N–H and O–H groups in total. The fourth-order valence-electron chi connectivity index (χ4n) is 2.09. The Morgan fingerprint density at radius 2 is 2.29 bits per heavy atom. The zero-order valence-electron chi connectivity index (χ0n) is 8.62. The number of nitriles is 1. The van der Waals surface area contributed by atoms with Crippen molar-refractivity contribution in [1.29, 1.82) is 5.26 Å². The van der Waals surface area contributed by atoms with Gasteiger partial charge in [0.25, 0.3) is 0 Å². The summed E-state index contributed by atoms with van der Waals surface area (Å²) in [6, 6.07) is 4.13. The molecule has 0 spiro atoms. The largest absolute Gasteiger partial charge is 0.259 e. The predicted molar refractivity (Wildman–Crippen MR) is 54.9 cm³/mol. The average Bonchev–Trinajstić information content (AvgIpc) is 2.23. The van der Waals surface area contributed by atoms with Gasteiger partial charge in [-0.05, 0) is 30.4 Å². The van der Waals surface area contributed by atoms with Crippen molar-refractivity contribution < 1.29 is 0 Å². The minimum atomic E-state index is 0.534. The van der Waals surface area contributed by atoms with Crippen LogP contribution in [0.1, 0.15) is 43.0 Å². The van der Waals surface area contributed by atoms with Gasteiger partial charge in [0.05, 0.1) is 5.56 Å². The molecule has 0 saturated carbocycles. The van der Waals surface area contributed by atoms with Gasteiger partial charge < -0.3 is 0 Å². The molecule has 0 amide bonds. The third-order valence-corrected chi connectivity index (χ3v) is 3.28. The van der Waals surface area contributed by atoms with Crippen LogP contribution in [-0.4, -0.2) is 4.98 Å². The lowest BCUT2D eigenvalue weighted by Gasteiger charge is -2.27. The first-order valence-corrected chi connectivity index (χ1v) is 5.11. The van der Waals surface area contributed by atoms with Gasteiger partial charge in [-0.1, -0.05) is 13.8 Å². The normalized spacial score (nSPS) is 25.2. The van der Waals surface area contributed by atoms with E-state index in [9.17, 15) is 0 Å². The number of rotatable bonds is 0. The number of hydrogen-bond donors (Lipinski definition) is 0. The smallest absolute Gasteiger partial charge is 0.101 e. The highest BCUT2D eigenvalue weighted by Gasteiger charge is 2.23. The van der Waals surface area contributed by atoms with E-state index in [0.717, 1.165) is 6.42 Å². The molecule has 72 valence electrons. The van der Waals surface area contributed by atoms with Crippen LogP contribution >= 0.6 is 0 Å². The maximum Gasteiger partial charge on any atom is 0.101 e. The molecule has 2 rings (SSSR count). The molecule has 0 aliphatic heterocycles. The van der Waals surface area contributed by atoms with Gasteiger partial charge in [0.2, 0.25) is 0 Å². The van der Waals surface area contributed by atoms with Crippen molar-refractivity contribution in [2.75, 3.05) is 0 Å². The highest BCUT2D eigenvalue weighted by molar-refractivity contribution is 5.35. The van der Waals surface area contributed by atoms with Crippen LogP contribution in [0.5, 0.6) is 0 Å². The molecule has 0 aromatic carbocycles. The van der Waals surface area contributed by atoms with Crippen LogP contribution < -0.4 is 0 Å². The quantitative estimate of drug-likeness (QED) is 0.624. The molecule has 0 radical (unpaired) electrons. The number of fused-ring (bicyclic) bond motifs is 1. The molecule has 1 aromatic heterocycles. The minimum Gasteiger partial charge on any atom is -0.259 e. The first kappa shape index (κ1) is 9.21. The zero-order chi connectivity index (χ0) is 10.1. The third-order valence-electron chi connectivity index (χ3n) is 3.28. The second-order valence-electron chi connectivity index (χ2n) is 4.18. The van der Waals surface area contributed by atoms with E-state index in [1.807, 2.05) is 6.07 Å². The molecule has 2 nitrogen and oxygen atoms in total. The molecule has 1 aliphatic rings. The summed E-state index contributed by atoms with van der Waals surface area (Å²) in [6.07, 6.45) is 3.97. The van der Waals surface area contributed by atoms with Crippen LogP contribution in [0.4, 0.5) is 0 Å². The summed E-state index contributed by atoms with van der Waals surface area (Å²) < 4.78 is 0. The fraction of sp³-hybridized carbons (Fsp3) is 0.500. The standard InChI is InChI=1S/C12H14N2/c1-8-3-4-11-5-10(6-13)7-14-12(11)9(8)2/h5,7-9H,3-4H2,1-2H3. The summed E-state index contributed by atoms with van der Waals surface area (Å²) in [5.74, 6) is 1.24. The lowest BCUT2D eigenvalue weighted by Crippen LogP contribution is -2.17. The monoisotopic (exact) mass is 186 g/mol. The molecule has 0 saturated heterocycles. The van der Waals surface area contributed by atoms with E-state index < -0.39 is 0 Å². The van der Waals surface area contributed by atoms with Gasteiger partial charge in [-0.2, -0.15) is 5.26 Å². The van der Waals surface area contributed by atoms with Gasteiger partial charge >= 0.3 is 0 Å². The number of pyridine rings is 1. The second kappa shape index (κ2) is 3.42. The second-order valence-corrected chi connectivity index (χ2v) is 4.18. The Kier molecular flexibility index (Phi) is 2.25. The Morgan fingerprint density at radius 3 is 3.00 bits per heavy atom. The van der Waals surface area contributed by atoms with Crippen molar-refractivity contribution >= 4 is 0 Å². The number of nitrogens with zero attached hydrogens (tertiary/aromatic N) is 2. The van der Waals surface area contributed by atoms with E-state index in [2.05, 4.69) is 24.9 Å². The Labute approximate surface area is 84.6 Å². The molecule has 1 heterocycles. The maximum absolute atomic E-state index is 8.77. The lowest BCUT2D eigenvalue weighted by atomic mass is 9.80. The van der Waals surface area contributed by atoms with Crippen LogP contribution in [0.15, 0.2) is 12.3 Å². The van der Waals surface area contributed by atoms with Crippen LogP contribution in [0.2, 0.25) is 0 Å². The Morgan fingerprint density at radius 1 is 1.50 bits per heavy atom. The molecule has 1 aliphatic carbocycles. The van der Waals surface area contributed by atoms with Gasteiger partial charge in [0, 0.05) is 17.8 Å². The van der Waals surface area contributed by atoms with Crippen molar-refractivity contribution in [3.8, 4) is 6.07 Å². The minimum absolute atomic E-state index is 0.534. The summed E-state index contributed by atoms with van der Waals surface area (Å²) >= 11 is 0. The number of aryl methyl sites for hydroxylation is 1. The SMILES string of the molecule is CC1CCc2cc(C#N)cnc2C1C. The van der Waals surface area contributed by atoms with Crippen molar-refractivity contribution in [3.05, 3.63) is 29.1 Å². The predicted octanol–water partition coefficient (Wildman–Crippen LogP) is 2.64. The first-order chi connectivity index (χ1) is 6.72. The topological polar surface area (TPSA) is 36.7 Å². The van der Waals surface area contributed by atoms with Crippen molar-refractivity contribution in [3.63, 3.8) is 0 Å². The van der Waals surface area contributed by atoms with Crippen LogP contribution in [0.3, 0.4) is 0 Å². The molecule has 0 bridgehead atoms. The van der Waals surface area contributed by atoms with Gasteiger partial charge in [0.15, 0.2) is 0 Å². The number of hydrogen-bond acceptors (Lipinski definition) is 2. The summed E-state index contributed by atoms with van der Waals surface area (Å²) in [7, 11) is 0. The number of aromatic nitrogens is 1. The molecule has 14 heavy (non-hydrogen) atoms. The van der Waals surface area contributed by atoms with E-state index in [0.29, 0.717) is 17.4 Å². The maximum atomic E-state index is 8.77. The highest BCUT2D eigenvalue weighted by Crippen LogP contribution is 2.34. The summed E-state index contributed by atoms with van der Waals surface area (Å²) in [4.78, 5) is 4.40. The van der Waals surface area contributed by atoms with E-state index in [1.54, 1.807) is 6.20 Å². The third kappa shape index (κ3) is 1.39. The van der Waals surface area contributed by atoms with Crippen LogP contribution in [0, 0.1) is 17.2 Å². The summed E-state index contributed by atoms with van der Waals surface area (Å²) in [5.41, 5.74) is 3.16. The Balaban J connectivity index is 2.45. The average molecular weight is 186 g/mol. The summed E-state index contributed by atoms with van der Waals surface area (Å²) in [6.45, 7) is 4.50. The van der Waals surface area contributed by atoms with Crippen LogP contribution in [0.25, 0.3) is 0 Å². The Hall–Kier alpha value is -1.36. The molecule has 2 unspecified atom stereocenters. The Bertz CT molecular complexity index is 390. The molecular weight excluding hydrogens is 172 g/mol. The van der Waals surface area contributed by atoms with E-state index >= 15 is 0 Å². The molecular formula is C12H14N2. The zero-order valence-corrected chi connectivity index (χ0v) is 8.62. The molecule has 2 atom stereocenters. The summed E-state index contributed by atoms with van der Waals surface area (Å²) in [5, 5.41) is 8.77. The van der Waals surface area contributed by atoms with E-state index in [-0.39, 0.29) is 0 Å². The van der Waals surface area contributed by atoms with Gasteiger partial charge in [-0.3, -0.25) is 4.98 Å². The fourth-order valence-corrected chi connectivity index (χ4v) is 2.09. The van der Waals surface area contributed by atoms with Crippen molar-refractivity contribution in [2.24, 2.45) is 5.92 Å². The van der Waals surface area contributed by atoms with Gasteiger partial charge in [-0.15, -0.1) is 0 Å². The van der Waals surface area contributed by atoms with E-state index in [4.69, 9.17) is 5.26 Å².